The van der Waals surface area contributed by atoms with Crippen LogP contribution in [0.3, 0.4) is 0 Å². The van der Waals surface area contributed by atoms with Crippen molar-refractivity contribution in [3.63, 3.8) is 0 Å². The molecule has 0 atom stereocenters. The molecule has 0 aromatic heterocycles. The lowest BCUT2D eigenvalue weighted by atomic mass is 10.0. The fraction of sp³-hybridized carbons (Fsp3) is 0.429. The third-order valence-electron chi connectivity index (χ3n) is 2.61. The molecule has 2 N–H and O–H groups in total. The first-order valence-electron chi connectivity index (χ1n) is 6.21. The van der Waals surface area contributed by atoms with Gasteiger partial charge in [-0.2, -0.15) is 0 Å². The van der Waals surface area contributed by atoms with Gasteiger partial charge in [0.2, 0.25) is 10.0 Å². The van der Waals surface area contributed by atoms with Crippen molar-refractivity contribution >= 4 is 10.0 Å². The van der Waals surface area contributed by atoms with E-state index in [-0.39, 0.29) is 0 Å². The van der Waals surface area contributed by atoms with E-state index in [1.54, 1.807) is 19.1 Å². The molecule has 0 amide bonds. The first kappa shape index (κ1) is 15.5. The molecule has 1 aromatic rings. The standard InChI is InChI=1S/C14H20N2O2S/c1-4-9-15-10-11-16-19(17,18)14-7-5-13(6-8-14)12(2)3/h5-8,12,15-16H,10-11H2,1-3H3. The van der Waals surface area contributed by atoms with E-state index in [0.29, 0.717) is 23.9 Å². The summed E-state index contributed by atoms with van der Waals surface area (Å²) in [6.07, 6.45) is 0. The van der Waals surface area contributed by atoms with E-state index in [9.17, 15) is 8.42 Å². The maximum absolute atomic E-state index is 12.0. The average molecular weight is 280 g/mol. The average Bonchev–Trinajstić information content (AvgIpc) is 2.38. The molecule has 0 saturated heterocycles. The predicted octanol–water partition coefficient (Wildman–Crippen LogP) is 1.66. The van der Waals surface area contributed by atoms with Crippen molar-refractivity contribution < 1.29 is 8.42 Å². The summed E-state index contributed by atoms with van der Waals surface area (Å²) in [6.45, 7) is 6.64. The van der Waals surface area contributed by atoms with E-state index in [0.717, 1.165) is 5.56 Å². The zero-order valence-electron chi connectivity index (χ0n) is 11.5. The summed E-state index contributed by atoms with van der Waals surface area (Å²) < 4.78 is 26.5. The highest BCUT2D eigenvalue weighted by molar-refractivity contribution is 7.89. The molecule has 0 heterocycles. The Morgan fingerprint density at radius 2 is 1.79 bits per heavy atom. The van der Waals surface area contributed by atoms with Crippen LogP contribution in [-0.4, -0.2) is 21.5 Å². The molecule has 19 heavy (non-hydrogen) atoms. The summed E-state index contributed by atoms with van der Waals surface area (Å²) in [5, 5.41) is 2.80. The third-order valence-corrected chi connectivity index (χ3v) is 4.09. The van der Waals surface area contributed by atoms with Gasteiger partial charge in [-0.1, -0.05) is 31.9 Å². The van der Waals surface area contributed by atoms with Gasteiger partial charge in [-0.3, -0.25) is 0 Å². The van der Waals surface area contributed by atoms with E-state index < -0.39 is 10.0 Å². The molecule has 0 saturated carbocycles. The Labute approximate surface area is 115 Å². The third kappa shape index (κ3) is 4.93. The smallest absolute Gasteiger partial charge is 0.240 e. The first-order chi connectivity index (χ1) is 8.97. The Morgan fingerprint density at radius 1 is 1.16 bits per heavy atom. The number of nitrogens with one attached hydrogen (secondary N) is 2. The molecule has 104 valence electrons. The van der Waals surface area contributed by atoms with Crippen molar-refractivity contribution in [1.29, 1.82) is 0 Å². The highest BCUT2D eigenvalue weighted by atomic mass is 32.2. The van der Waals surface area contributed by atoms with Crippen molar-refractivity contribution in [1.82, 2.24) is 10.0 Å². The number of benzene rings is 1. The van der Waals surface area contributed by atoms with Crippen LogP contribution < -0.4 is 10.0 Å². The van der Waals surface area contributed by atoms with Crippen LogP contribution in [0, 0.1) is 12.0 Å². The molecule has 1 rings (SSSR count). The van der Waals surface area contributed by atoms with Crippen LogP contribution in [-0.2, 0) is 10.0 Å². The van der Waals surface area contributed by atoms with E-state index in [4.69, 9.17) is 0 Å². The molecule has 0 aliphatic heterocycles. The normalized spacial score (nSPS) is 10.9. The summed E-state index contributed by atoms with van der Waals surface area (Å²) in [4.78, 5) is 0.290. The monoisotopic (exact) mass is 280 g/mol. The molecule has 4 nitrogen and oxygen atoms in total. The SMILES string of the molecule is CC#CNCCNS(=O)(=O)c1ccc(C(C)C)cc1. The maximum atomic E-state index is 12.0. The predicted molar refractivity (Wildman–Crippen MR) is 77.2 cm³/mol. The molecule has 0 aliphatic rings. The number of hydrogen-bond donors (Lipinski definition) is 2. The van der Waals surface area contributed by atoms with Crippen LogP contribution in [0.5, 0.6) is 0 Å². The van der Waals surface area contributed by atoms with Gasteiger partial charge in [0.25, 0.3) is 0 Å². The zero-order valence-corrected chi connectivity index (χ0v) is 12.3. The molecule has 0 bridgehead atoms. The van der Waals surface area contributed by atoms with Crippen LogP contribution in [0.2, 0.25) is 0 Å². The molecule has 0 fully saturated rings. The fourth-order valence-electron chi connectivity index (χ4n) is 1.51. The van der Waals surface area contributed by atoms with E-state index >= 15 is 0 Å². The van der Waals surface area contributed by atoms with Gasteiger partial charge in [-0.25, -0.2) is 13.1 Å². The molecule has 0 radical (unpaired) electrons. The molecule has 1 aromatic carbocycles. The Hall–Kier alpha value is -1.51. The second-order valence-electron chi connectivity index (χ2n) is 4.42. The molecule has 0 aliphatic carbocycles. The van der Waals surface area contributed by atoms with Gasteiger partial charge in [0.1, 0.15) is 0 Å². The van der Waals surface area contributed by atoms with E-state index in [1.807, 2.05) is 12.1 Å². The van der Waals surface area contributed by atoms with E-state index in [1.165, 1.54) is 0 Å². The van der Waals surface area contributed by atoms with Gasteiger partial charge in [0, 0.05) is 19.1 Å². The van der Waals surface area contributed by atoms with Crippen LogP contribution in [0.1, 0.15) is 32.3 Å². The van der Waals surface area contributed by atoms with Crippen LogP contribution in [0.4, 0.5) is 0 Å². The lowest BCUT2D eigenvalue weighted by Crippen LogP contribution is -2.30. The zero-order chi connectivity index (χ0) is 14.3. The minimum Gasteiger partial charge on any atom is -0.345 e. The van der Waals surface area contributed by atoms with Crippen molar-refractivity contribution in [2.24, 2.45) is 0 Å². The summed E-state index contributed by atoms with van der Waals surface area (Å²) in [7, 11) is -3.43. The lowest BCUT2D eigenvalue weighted by molar-refractivity contribution is 0.580. The topological polar surface area (TPSA) is 58.2 Å². The molecule has 5 heteroatoms. The molecule has 0 unspecified atom stereocenters. The second kappa shape index (κ2) is 7.17. The Kier molecular flexibility index (Phi) is 5.87. The molecular weight excluding hydrogens is 260 g/mol. The number of rotatable bonds is 6. The van der Waals surface area contributed by atoms with E-state index in [2.05, 4.69) is 35.9 Å². The van der Waals surface area contributed by atoms with Crippen LogP contribution in [0.25, 0.3) is 0 Å². The summed E-state index contributed by atoms with van der Waals surface area (Å²) >= 11 is 0. The second-order valence-corrected chi connectivity index (χ2v) is 6.19. The Morgan fingerprint density at radius 3 is 2.32 bits per heavy atom. The van der Waals surface area contributed by atoms with Gasteiger partial charge in [0.15, 0.2) is 0 Å². The Balaban J connectivity index is 2.63. The highest BCUT2D eigenvalue weighted by Crippen LogP contribution is 2.16. The number of sulfonamides is 1. The number of hydrogen-bond acceptors (Lipinski definition) is 3. The van der Waals surface area contributed by atoms with Crippen molar-refractivity contribution in [2.45, 2.75) is 31.6 Å². The summed E-state index contributed by atoms with van der Waals surface area (Å²) in [5.74, 6) is 3.07. The van der Waals surface area contributed by atoms with Crippen molar-refractivity contribution in [3.8, 4) is 12.0 Å². The fourth-order valence-corrected chi connectivity index (χ4v) is 2.55. The van der Waals surface area contributed by atoms with Gasteiger partial charge in [-0.05, 0) is 30.5 Å². The highest BCUT2D eigenvalue weighted by Gasteiger charge is 2.13. The van der Waals surface area contributed by atoms with Gasteiger partial charge in [-0.15, -0.1) is 0 Å². The van der Waals surface area contributed by atoms with Gasteiger partial charge in [0.05, 0.1) is 4.90 Å². The molecular formula is C14H20N2O2S. The van der Waals surface area contributed by atoms with Crippen molar-refractivity contribution in [2.75, 3.05) is 13.1 Å². The minimum absolute atomic E-state index is 0.290. The lowest BCUT2D eigenvalue weighted by Gasteiger charge is -2.09. The quantitative estimate of drug-likeness (QED) is 0.473. The van der Waals surface area contributed by atoms with Crippen molar-refractivity contribution in [3.05, 3.63) is 29.8 Å². The summed E-state index contributed by atoms with van der Waals surface area (Å²) in [6, 6.07) is 9.63. The maximum Gasteiger partial charge on any atom is 0.240 e. The first-order valence-corrected chi connectivity index (χ1v) is 7.70. The largest absolute Gasteiger partial charge is 0.345 e. The molecule has 0 spiro atoms. The Bertz CT molecular complexity index is 551. The van der Waals surface area contributed by atoms with Gasteiger partial charge < -0.3 is 5.32 Å². The van der Waals surface area contributed by atoms with Gasteiger partial charge >= 0.3 is 0 Å². The minimum atomic E-state index is -3.43. The summed E-state index contributed by atoms with van der Waals surface area (Å²) in [5.41, 5.74) is 1.12. The van der Waals surface area contributed by atoms with Crippen LogP contribution in [0.15, 0.2) is 29.2 Å². The van der Waals surface area contributed by atoms with Crippen LogP contribution >= 0.6 is 0 Å².